The van der Waals surface area contributed by atoms with Crippen LogP contribution >= 0.6 is 0 Å². The van der Waals surface area contributed by atoms with Crippen LogP contribution in [0.25, 0.3) is 0 Å². The smallest absolute Gasteiger partial charge is 0.251 e. The van der Waals surface area contributed by atoms with E-state index in [2.05, 4.69) is 29.5 Å². The van der Waals surface area contributed by atoms with Crippen molar-refractivity contribution >= 4 is 23.2 Å². The number of anilines is 2. The molecule has 2 aromatic carbocycles. The van der Waals surface area contributed by atoms with Gasteiger partial charge in [0.1, 0.15) is 12.4 Å². The summed E-state index contributed by atoms with van der Waals surface area (Å²) in [6.07, 6.45) is 1.95. The summed E-state index contributed by atoms with van der Waals surface area (Å²) in [5.74, 6) is 0.300. The van der Waals surface area contributed by atoms with Gasteiger partial charge >= 0.3 is 0 Å². The predicted octanol–water partition coefficient (Wildman–Crippen LogP) is 4.22. The number of amides is 2. The minimum atomic E-state index is -0.219. The zero-order valence-electron chi connectivity index (χ0n) is 17.1. The van der Waals surface area contributed by atoms with Gasteiger partial charge < -0.3 is 20.7 Å². The van der Waals surface area contributed by atoms with Gasteiger partial charge in [-0.3, -0.25) is 9.59 Å². The van der Waals surface area contributed by atoms with Gasteiger partial charge in [0.25, 0.3) is 5.91 Å². The number of benzene rings is 2. The molecule has 0 radical (unpaired) electrons. The maximum atomic E-state index is 12.3. The van der Waals surface area contributed by atoms with Gasteiger partial charge in [0, 0.05) is 17.8 Å². The summed E-state index contributed by atoms with van der Waals surface area (Å²) in [5.41, 5.74) is 2.74. The van der Waals surface area contributed by atoms with E-state index in [0.717, 1.165) is 24.1 Å². The van der Waals surface area contributed by atoms with Gasteiger partial charge in [0.05, 0.1) is 12.2 Å². The second-order valence-electron chi connectivity index (χ2n) is 6.83. The molecule has 2 rings (SSSR count). The van der Waals surface area contributed by atoms with Crippen LogP contribution in [0.5, 0.6) is 5.75 Å². The van der Waals surface area contributed by atoms with Crippen LogP contribution in [0.1, 0.15) is 37.0 Å². The fourth-order valence-corrected chi connectivity index (χ4v) is 2.54. The summed E-state index contributed by atoms with van der Waals surface area (Å²) in [6.45, 7) is 8.91. The van der Waals surface area contributed by atoms with E-state index in [1.54, 1.807) is 24.3 Å². The minimum absolute atomic E-state index is 0.0698. The molecule has 0 saturated heterocycles. The average Bonchev–Trinajstić information content (AvgIpc) is 2.71. The Balaban J connectivity index is 1.91. The Morgan fingerprint density at radius 1 is 1.10 bits per heavy atom. The first-order valence-corrected chi connectivity index (χ1v) is 9.77. The van der Waals surface area contributed by atoms with Gasteiger partial charge in [-0.1, -0.05) is 38.1 Å². The standard InChI is InChI=1S/C23H29N3O3/c1-4-5-13-24-23(28)18-9-8-10-19(14-18)26-22(27)15-25-20-11-6-7-12-21(20)29-16-17(2)3/h6-12,14,25H,2,4-5,13,15-16H2,1,3H3,(H,24,28)(H,26,27). The summed E-state index contributed by atoms with van der Waals surface area (Å²) in [6, 6.07) is 14.3. The number of rotatable bonds is 11. The maximum absolute atomic E-state index is 12.3. The third kappa shape index (κ3) is 7.70. The normalized spacial score (nSPS) is 10.1. The number of carbonyl (C=O) groups excluding carboxylic acids is 2. The highest BCUT2D eigenvalue weighted by Gasteiger charge is 2.09. The van der Waals surface area contributed by atoms with Gasteiger partial charge in [0.15, 0.2) is 0 Å². The van der Waals surface area contributed by atoms with Crippen molar-refractivity contribution in [1.82, 2.24) is 5.32 Å². The molecule has 6 nitrogen and oxygen atoms in total. The molecule has 0 heterocycles. The van der Waals surface area contributed by atoms with Gasteiger partial charge in [-0.2, -0.15) is 0 Å². The van der Waals surface area contributed by atoms with Crippen LogP contribution in [0.2, 0.25) is 0 Å². The zero-order chi connectivity index (χ0) is 21.1. The Hall–Kier alpha value is -3.28. The van der Waals surface area contributed by atoms with Crippen molar-refractivity contribution in [2.45, 2.75) is 26.7 Å². The summed E-state index contributed by atoms with van der Waals surface area (Å²) < 4.78 is 5.69. The first-order valence-electron chi connectivity index (χ1n) is 9.77. The number of hydrogen-bond acceptors (Lipinski definition) is 4. The molecule has 154 valence electrons. The largest absolute Gasteiger partial charge is 0.487 e. The molecule has 0 fully saturated rings. The van der Waals surface area contributed by atoms with Crippen LogP contribution in [0.15, 0.2) is 60.7 Å². The van der Waals surface area contributed by atoms with Crippen molar-refractivity contribution < 1.29 is 14.3 Å². The molecule has 0 aliphatic rings. The van der Waals surface area contributed by atoms with Crippen LogP contribution in [0.3, 0.4) is 0 Å². The van der Waals surface area contributed by atoms with Gasteiger partial charge in [0.2, 0.25) is 5.91 Å². The first kappa shape index (κ1) is 22.0. The Morgan fingerprint density at radius 3 is 2.66 bits per heavy atom. The zero-order valence-corrected chi connectivity index (χ0v) is 17.1. The molecule has 0 saturated carbocycles. The van der Waals surface area contributed by atoms with Crippen LogP contribution < -0.4 is 20.7 Å². The average molecular weight is 396 g/mol. The lowest BCUT2D eigenvalue weighted by molar-refractivity contribution is -0.114. The van der Waals surface area contributed by atoms with Gasteiger partial charge in [-0.15, -0.1) is 0 Å². The molecule has 2 amide bonds. The van der Waals surface area contributed by atoms with Crippen LogP contribution in [0.4, 0.5) is 11.4 Å². The Kier molecular flexibility index (Phi) is 8.76. The van der Waals surface area contributed by atoms with Crippen molar-refractivity contribution in [3.05, 3.63) is 66.2 Å². The SMILES string of the molecule is C=C(C)COc1ccccc1NCC(=O)Nc1cccc(C(=O)NCCCC)c1. The third-order valence-corrected chi connectivity index (χ3v) is 4.02. The van der Waals surface area contributed by atoms with E-state index in [0.29, 0.717) is 30.2 Å². The lowest BCUT2D eigenvalue weighted by Crippen LogP contribution is -2.25. The maximum Gasteiger partial charge on any atom is 0.251 e. The van der Waals surface area contributed by atoms with Gasteiger partial charge in [-0.05, 0) is 49.2 Å². The van der Waals surface area contributed by atoms with E-state index in [1.807, 2.05) is 31.2 Å². The fraction of sp³-hybridized carbons (Fsp3) is 0.304. The lowest BCUT2D eigenvalue weighted by Gasteiger charge is -2.13. The summed E-state index contributed by atoms with van der Waals surface area (Å²) in [5, 5.41) is 8.76. The molecule has 0 aliphatic heterocycles. The molecule has 0 spiro atoms. The number of nitrogens with one attached hydrogen (secondary N) is 3. The van der Waals surface area contributed by atoms with E-state index >= 15 is 0 Å². The van der Waals surface area contributed by atoms with Crippen molar-refractivity contribution in [3.8, 4) is 5.75 Å². The van der Waals surface area contributed by atoms with E-state index in [-0.39, 0.29) is 18.4 Å². The highest BCUT2D eigenvalue weighted by Crippen LogP contribution is 2.24. The van der Waals surface area contributed by atoms with Crippen LogP contribution in [0, 0.1) is 0 Å². The molecular weight excluding hydrogens is 366 g/mol. The molecule has 29 heavy (non-hydrogen) atoms. The predicted molar refractivity (Wildman–Crippen MR) is 118 cm³/mol. The van der Waals surface area contributed by atoms with E-state index in [1.165, 1.54) is 0 Å². The molecule has 2 aromatic rings. The van der Waals surface area contributed by atoms with Crippen molar-refractivity contribution in [3.63, 3.8) is 0 Å². The molecule has 6 heteroatoms. The lowest BCUT2D eigenvalue weighted by atomic mass is 10.2. The molecule has 0 atom stereocenters. The molecule has 0 aromatic heterocycles. The molecule has 0 unspecified atom stereocenters. The number of carbonyl (C=O) groups is 2. The number of hydrogen-bond donors (Lipinski definition) is 3. The quantitative estimate of drug-likeness (QED) is 0.393. The number of ether oxygens (including phenoxy) is 1. The summed E-state index contributed by atoms with van der Waals surface area (Å²) >= 11 is 0. The van der Waals surface area contributed by atoms with E-state index in [4.69, 9.17) is 4.74 Å². The summed E-state index contributed by atoms with van der Waals surface area (Å²) in [4.78, 5) is 24.5. The second kappa shape index (κ2) is 11.5. The van der Waals surface area contributed by atoms with Crippen molar-refractivity contribution in [2.75, 3.05) is 30.3 Å². The summed E-state index contributed by atoms with van der Waals surface area (Å²) in [7, 11) is 0. The van der Waals surface area contributed by atoms with Crippen LogP contribution in [-0.2, 0) is 4.79 Å². The van der Waals surface area contributed by atoms with E-state index in [9.17, 15) is 9.59 Å². The molecule has 3 N–H and O–H groups in total. The number of para-hydroxylation sites is 2. The Bertz CT molecular complexity index is 849. The highest BCUT2D eigenvalue weighted by molar-refractivity contribution is 5.98. The van der Waals surface area contributed by atoms with E-state index < -0.39 is 0 Å². The Labute approximate surface area is 172 Å². The van der Waals surface area contributed by atoms with Crippen molar-refractivity contribution in [1.29, 1.82) is 0 Å². The highest BCUT2D eigenvalue weighted by atomic mass is 16.5. The van der Waals surface area contributed by atoms with Crippen molar-refractivity contribution in [2.24, 2.45) is 0 Å². The topological polar surface area (TPSA) is 79.5 Å². The molecule has 0 bridgehead atoms. The number of unbranched alkanes of at least 4 members (excludes halogenated alkanes) is 1. The van der Waals surface area contributed by atoms with Gasteiger partial charge in [-0.25, -0.2) is 0 Å². The molecular formula is C23H29N3O3. The third-order valence-electron chi connectivity index (χ3n) is 4.02. The fourth-order valence-electron chi connectivity index (χ4n) is 2.54. The second-order valence-corrected chi connectivity index (χ2v) is 6.83. The minimum Gasteiger partial charge on any atom is -0.487 e. The molecule has 0 aliphatic carbocycles. The van der Waals surface area contributed by atoms with Crippen LogP contribution in [-0.4, -0.2) is 31.5 Å². The monoisotopic (exact) mass is 395 g/mol. The Morgan fingerprint density at radius 2 is 1.90 bits per heavy atom. The first-order chi connectivity index (χ1) is 14.0.